The van der Waals surface area contributed by atoms with Crippen molar-refractivity contribution >= 4 is 19.2 Å². The normalized spacial score (nSPS) is 29.9. The van der Waals surface area contributed by atoms with Crippen LogP contribution in [0.15, 0.2) is 72.9 Å². The van der Waals surface area contributed by atoms with Gasteiger partial charge in [-0.25, -0.2) is 0 Å². The molecule has 1 heteroatoms. The van der Waals surface area contributed by atoms with Gasteiger partial charge >= 0.3 is 0 Å². The van der Waals surface area contributed by atoms with Crippen LogP contribution in [0.25, 0.3) is 11.1 Å². The molecule has 2 aromatic rings. The molecule has 4 aliphatic rings. The monoisotopic (exact) mass is 701 g/mol. The zero-order valence-corrected chi connectivity index (χ0v) is 36.5. The van der Waals surface area contributed by atoms with Crippen LogP contribution in [0, 0.1) is 35.5 Å². The van der Waals surface area contributed by atoms with Crippen molar-refractivity contribution in [2.24, 2.45) is 35.5 Å². The highest BCUT2D eigenvalue weighted by Crippen LogP contribution is 2.65. The predicted octanol–water partition coefficient (Wildman–Crippen LogP) is 14.5. The van der Waals surface area contributed by atoms with Crippen molar-refractivity contribution in [3.8, 4) is 0 Å². The standard InChI is InChI=1S/C50H72Si/c1-31-23-43-39(33-25-35(47(3,4)5)29-36(26-33)48(6,7)8)19-17-21-41(43)45(31)51(15,16)46-32(2)24-44-40(20-18-22-42(44)46)34-27-37(49(9,10)11)30-38(28-34)50(12,13)14/h17-22,25-32,41-46H,23-24H2,1-16H3. The average molecular weight is 701 g/mol. The van der Waals surface area contributed by atoms with Crippen molar-refractivity contribution < 1.29 is 0 Å². The summed E-state index contributed by atoms with van der Waals surface area (Å²) in [6.07, 6.45) is 17.8. The lowest BCUT2D eigenvalue weighted by molar-refractivity contribution is 0.495. The lowest BCUT2D eigenvalue weighted by atomic mass is 9.75. The van der Waals surface area contributed by atoms with Gasteiger partial charge in [-0.2, -0.15) is 0 Å². The molecule has 6 rings (SSSR count). The minimum Gasteiger partial charge on any atom is -0.0808 e. The topological polar surface area (TPSA) is 0 Å². The number of allylic oxidation sites excluding steroid dienone is 8. The summed E-state index contributed by atoms with van der Waals surface area (Å²) < 4.78 is 0. The van der Waals surface area contributed by atoms with E-state index in [1.54, 1.807) is 11.1 Å². The molecule has 0 saturated heterocycles. The van der Waals surface area contributed by atoms with E-state index >= 15 is 0 Å². The number of benzene rings is 2. The van der Waals surface area contributed by atoms with Crippen LogP contribution in [0.5, 0.6) is 0 Å². The van der Waals surface area contributed by atoms with Crippen LogP contribution in [-0.2, 0) is 21.7 Å². The molecule has 0 nitrogen and oxygen atoms in total. The van der Waals surface area contributed by atoms with E-state index in [1.807, 2.05) is 0 Å². The lowest BCUT2D eigenvalue weighted by Crippen LogP contribution is -2.45. The Hall–Kier alpha value is -2.38. The molecule has 0 bridgehead atoms. The van der Waals surface area contributed by atoms with Gasteiger partial charge in [0.2, 0.25) is 0 Å². The molecule has 0 N–H and O–H groups in total. The molecule has 8 atom stereocenters. The molecular weight excluding hydrogens is 629 g/mol. The van der Waals surface area contributed by atoms with E-state index in [1.165, 1.54) is 46.2 Å². The minimum absolute atomic E-state index is 0.124. The summed E-state index contributed by atoms with van der Waals surface area (Å²) in [5.41, 5.74) is 14.1. The van der Waals surface area contributed by atoms with Crippen LogP contribution in [0.3, 0.4) is 0 Å². The molecule has 4 aliphatic carbocycles. The van der Waals surface area contributed by atoms with Gasteiger partial charge in [0.15, 0.2) is 0 Å². The molecule has 51 heavy (non-hydrogen) atoms. The van der Waals surface area contributed by atoms with Crippen LogP contribution < -0.4 is 0 Å². The van der Waals surface area contributed by atoms with E-state index in [0.717, 1.165) is 22.9 Å². The first-order valence-electron chi connectivity index (χ1n) is 20.5. The van der Waals surface area contributed by atoms with Crippen molar-refractivity contribution in [3.05, 3.63) is 106 Å². The fourth-order valence-electron chi connectivity index (χ4n) is 11.3. The molecule has 2 saturated carbocycles. The summed E-state index contributed by atoms with van der Waals surface area (Å²) in [4.78, 5) is 0. The molecule has 8 unspecified atom stereocenters. The molecular formula is C50H72Si. The van der Waals surface area contributed by atoms with Gasteiger partial charge in [0, 0.05) is 0 Å². The Bertz CT molecular complexity index is 1570. The number of hydrogen-bond acceptors (Lipinski definition) is 0. The van der Waals surface area contributed by atoms with E-state index in [9.17, 15) is 0 Å². The third-order valence-electron chi connectivity index (χ3n) is 14.0. The highest BCUT2D eigenvalue weighted by molar-refractivity contribution is 6.80. The maximum Gasteiger partial charge on any atom is 0.0553 e. The van der Waals surface area contributed by atoms with E-state index in [2.05, 4.69) is 183 Å². The molecule has 0 aromatic heterocycles. The zero-order valence-electron chi connectivity index (χ0n) is 35.5. The summed E-state index contributed by atoms with van der Waals surface area (Å²) in [5, 5.41) is 0. The summed E-state index contributed by atoms with van der Waals surface area (Å²) in [5.74, 6) is 4.00. The maximum absolute atomic E-state index is 2.81. The second-order valence-electron chi connectivity index (χ2n) is 22.3. The number of rotatable bonds is 4. The molecule has 0 heterocycles. The quantitative estimate of drug-likeness (QED) is 0.279. The Kier molecular flexibility index (Phi) is 9.69. The largest absolute Gasteiger partial charge is 0.0808 e. The SMILES string of the molecule is CC1CC2C(c3cc(C(C)(C)C)cc(C(C)(C)C)c3)=CC=CC2C1[Si](C)(C)C1C(C)CC2C(c3cc(C(C)(C)C)cc(C(C)(C)C)c3)=CC=CC21. The van der Waals surface area contributed by atoms with Gasteiger partial charge in [-0.1, -0.05) is 183 Å². The van der Waals surface area contributed by atoms with E-state index in [-0.39, 0.29) is 21.7 Å². The van der Waals surface area contributed by atoms with Gasteiger partial charge < -0.3 is 0 Å². The Morgan fingerprint density at radius 2 is 0.765 bits per heavy atom. The van der Waals surface area contributed by atoms with E-state index in [0.29, 0.717) is 23.7 Å². The predicted molar refractivity (Wildman–Crippen MR) is 228 cm³/mol. The molecule has 0 radical (unpaired) electrons. The van der Waals surface area contributed by atoms with Crippen LogP contribution in [-0.4, -0.2) is 8.07 Å². The summed E-state index contributed by atoms with van der Waals surface area (Å²) in [7, 11) is -1.76. The molecule has 2 aromatic carbocycles. The summed E-state index contributed by atoms with van der Waals surface area (Å²) >= 11 is 0. The van der Waals surface area contributed by atoms with Gasteiger partial charge in [-0.15, -0.1) is 0 Å². The van der Waals surface area contributed by atoms with Crippen molar-refractivity contribution in [3.63, 3.8) is 0 Å². The smallest absolute Gasteiger partial charge is 0.0553 e. The zero-order chi connectivity index (χ0) is 37.6. The Balaban J connectivity index is 1.33. The average Bonchev–Trinajstić information content (AvgIpc) is 3.54. The van der Waals surface area contributed by atoms with E-state index in [4.69, 9.17) is 0 Å². The minimum atomic E-state index is -1.76. The molecule has 2 fully saturated rings. The van der Waals surface area contributed by atoms with Crippen LogP contribution in [0.4, 0.5) is 0 Å². The first-order valence-corrected chi connectivity index (χ1v) is 23.6. The Morgan fingerprint density at radius 1 is 0.471 bits per heavy atom. The summed E-state index contributed by atoms with van der Waals surface area (Å²) in [6.45, 7) is 39.4. The molecule has 276 valence electrons. The van der Waals surface area contributed by atoms with Crippen molar-refractivity contribution in [1.82, 2.24) is 0 Å². The first-order chi connectivity index (χ1) is 23.4. The lowest BCUT2D eigenvalue weighted by Gasteiger charge is -2.46. The van der Waals surface area contributed by atoms with Gasteiger partial charge in [0.05, 0.1) is 8.07 Å². The molecule has 0 spiro atoms. The fourth-order valence-corrected chi connectivity index (χ4v) is 17.6. The van der Waals surface area contributed by atoms with Gasteiger partial charge in [0.1, 0.15) is 0 Å². The Morgan fingerprint density at radius 3 is 1.04 bits per heavy atom. The van der Waals surface area contributed by atoms with Gasteiger partial charge in [-0.3, -0.25) is 0 Å². The third kappa shape index (κ3) is 7.16. The number of hydrogen-bond donors (Lipinski definition) is 0. The maximum atomic E-state index is 2.81. The highest BCUT2D eigenvalue weighted by atomic mass is 28.3. The second-order valence-corrected chi connectivity index (χ2v) is 27.3. The van der Waals surface area contributed by atoms with Crippen molar-refractivity contribution in [2.45, 2.75) is 156 Å². The van der Waals surface area contributed by atoms with Crippen LogP contribution in [0.2, 0.25) is 24.2 Å². The van der Waals surface area contributed by atoms with E-state index < -0.39 is 8.07 Å². The third-order valence-corrected chi connectivity index (χ3v) is 19.3. The van der Waals surface area contributed by atoms with Gasteiger partial charge in [0.25, 0.3) is 0 Å². The van der Waals surface area contributed by atoms with Gasteiger partial charge in [-0.05, 0) is 126 Å². The molecule has 0 aliphatic heterocycles. The van der Waals surface area contributed by atoms with Crippen LogP contribution in [0.1, 0.15) is 143 Å². The second kappa shape index (κ2) is 12.9. The van der Waals surface area contributed by atoms with Crippen molar-refractivity contribution in [2.75, 3.05) is 0 Å². The first kappa shape index (κ1) is 38.3. The highest BCUT2D eigenvalue weighted by Gasteiger charge is 2.57. The fraction of sp³-hybridized carbons (Fsp3) is 0.600. The van der Waals surface area contributed by atoms with Crippen LogP contribution >= 0.6 is 0 Å². The Labute approximate surface area is 315 Å². The summed E-state index contributed by atoms with van der Waals surface area (Å²) in [6, 6.07) is 15.1. The number of fused-ring (bicyclic) bond motifs is 2. The van der Waals surface area contributed by atoms with Crippen molar-refractivity contribution in [1.29, 1.82) is 0 Å². The molecule has 0 amide bonds.